The van der Waals surface area contributed by atoms with Gasteiger partial charge in [0.2, 0.25) is 5.91 Å². The van der Waals surface area contributed by atoms with Crippen LogP contribution in [0.3, 0.4) is 0 Å². The van der Waals surface area contributed by atoms with Crippen molar-refractivity contribution >= 4 is 5.91 Å². The minimum atomic E-state index is 0.291. The van der Waals surface area contributed by atoms with Crippen molar-refractivity contribution < 1.29 is 4.79 Å². The summed E-state index contributed by atoms with van der Waals surface area (Å²) in [5, 5.41) is 0. The number of nitrogens with zero attached hydrogens (tertiary/aromatic N) is 3. The third-order valence-corrected chi connectivity index (χ3v) is 6.62. The zero-order chi connectivity index (χ0) is 20.1. The van der Waals surface area contributed by atoms with Gasteiger partial charge in [0.25, 0.3) is 0 Å². The monoisotopic (exact) mass is 392 g/mol. The summed E-state index contributed by atoms with van der Waals surface area (Å²) < 4.78 is 0. The van der Waals surface area contributed by atoms with Crippen molar-refractivity contribution in [3.8, 4) is 0 Å². The maximum Gasteiger partial charge on any atom is 0.222 e. The van der Waals surface area contributed by atoms with Crippen LogP contribution in [0, 0.1) is 5.41 Å². The van der Waals surface area contributed by atoms with Gasteiger partial charge in [0.05, 0.1) is 0 Å². The van der Waals surface area contributed by atoms with Crippen LogP contribution in [-0.4, -0.2) is 46.9 Å². The van der Waals surface area contributed by atoms with E-state index in [4.69, 9.17) is 5.73 Å². The van der Waals surface area contributed by atoms with Crippen molar-refractivity contribution in [1.29, 1.82) is 0 Å². The fraction of sp³-hybridized carbons (Fsp3) is 0.500. The Labute approximate surface area is 173 Å². The first-order chi connectivity index (χ1) is 14.2. The normalized spacial score (nSPS) is 19.6. The van der Waals surface area contributed by atoms with E-state index in [1.165, 1.54) is 29.5 Å². The summed E-state index contributed by atoms with van der Waals surface area (Å²) in [5.41, 5.74) is 9.87. The Hall–Kier alpha value is -2.24. The molecule has 1 amide bonds. The summed E-state index contributed by atoms with van der Waals surface area (Å²) in [6, 6.07) is 12.9. The van der Waals surface area contributed by atoms with Crippen molar-refractivity contribution in [2.45, 2.75) is 45.2 Å². The first kappa shape index (κ1) is 20.0. The third-order valence-electron chi connectivity index (χ3n) is 6.62. The number of likely N-dealkylation sites (tertiary alicyclic amines) is 2. The minimum Gasteiger partial charge on any atom is -0.338 e. The van der Waals surface area contributed by atoms with E-state index < -0.39 is 0 Å². The number of piperidine rings is 2. The second-order valence-corrected chi connectivity index (χ2v) is 8.74. The molecule has 0 unspecified atom stereocenters. The first-order valence-electron chi connectivity index (χ1n) is 10.8. The number of nitrogens with two attached hydrogens (primary N) is 1. The summed E-state index contributed by atoms with van der Waals surface area (Å²) in [7, 11) is 0. The van der Waals surface area contributed by atoms with Gasteiger partial charge >= 0.3 is 0 Å². The predicted octanol–water partition coefficient (Wildman–Crippen LogP) is 2.99. The predicted molar refractivity (Wildman–Crippen MR) is 115 cm³/mol. The molecule has 2 fully saturated rings. The molecule has 2 aromatic rings. The van der Waals surface area contributed by atoms with Crippen molar-refractivity contribution in [3.63, 3.8) is 0 Å². The minimum absolute atomic E-state index is 0.291. The average molecular weight is 393 g/mol. The highest BCUT2D eigenvalue weighted by atomic mass is 16.2. The van der Waals surface area contributed by atoms with Gasteiger partial charge in [-0.1, -0.05) is 24.3 Å². The van der Waals surface area contributed by atoms with Gasteiger partial charge in [0, 0.05) is 38.4 Å². The number of aromatic nitrogens is 1. The molecule has 29 heavy (non-hydrogen) atoms. The van der Waals surface area contributed by atoms with Gasteiger partial charge in [0.1, 0.15) is 0 Å². The molecular weight excluding hydrogens is 360 g/mol. The van der Waals surface area contributed by atoms with Crippen LogP contribution in [0.1, 0.15) is 42.4 Å². The van der Waals surface area contributed by atoms with E-state index in [1.807, 2.05) is 12.1 Å². The van der Waals surface area contributed by atoms with E-state index in [2.05, 4.69) is 39.0 Å². The molecule has 1 aromatic heterocycles. The zero-order valence-corrected chi connectivity index (χ0v) is 17.2. The third kappa shape index (κ3) is 5.03. The number of amides is 1. The molecule has 4 rings (SSSR count). The lowest BCUT2D eigenvalue weighted by atomic mass is 9.72. The average Bonchev–Trinajstić information content (AvgIpc) is 2.74. The quantitative estimate of drug-likeness (QED) is 0.821. The maximum absolute atomic E-state index is 12.5. The summed E-state index contributed by atoms with van der Waals surface area (Å²) in [6.07, 6.45) is 8.63. The molecule has 3 heterocycles. The van der Waals surface area contributed by atoms with E-state index >= 15 is 0 Å². The Morgan fingerprint density at radius 2 is 1.72 bits per heavy atom. The van der Waals surface area contributed by atoms with Crippen LogP contribution in [0.2, 0.25) is 0 Å². The highest BCUT2D eigenvalue weighted by Crippen LogP contribution is 2.40. The van der Waals surface area contributed by atoms with Gasteiger partial charge in [-0.2, -0.15) is 0 Å². The maximum atomic E-state index is 12.5. The van der Waals surface area contributed by atoms with Crippen molar-refractivity contribution in [3.05, 3.63) is 65.5 Å². The fourth-order valence-electron chi connectivity index (χ4n) is 4.86. The van der Waals surface area contributed by atoms with Gasteiger partial charge in [0.15, 0.2) is 0 Å². The largest absolute Gasteiger partial charge is 0.338 e. The van der Waals surface area contributed by atoms with E-state index in [-0.39, 0.29) is 0 Å². The SMILES string of the molecule is NCCc1cccc(CN2CCC3(CCC(=O)N(Cc4ccncc4)C3)CC2)c1. The lowest BCUT2D eigenvalue weighted by Crippen LogP contribution is -2.51. The molecule has 0 bridgehead atoms. The van der Waals surface area contributed by atoms with Gasteiger partial charge in [-0.15, -0.1) is 0 Å². The standard InChI is InChI=1S/C24H32N4O/c25-11-5-20-2-1-3-22(16-20)17-27-14-9-24(10-15-27)8-4-23(29)28(19-24)18-21-6-12-26-13-7-21/h1-3,6-7,12-13,16H,4-5,8-11,14-15,17-19,25H2. The van der Waals surface area contributed by atoms with Crippen LogP contribution < -0.4 is 5.73 Å². The first-order valence-corrected chi connectivity index (χ1v) is 10.8. The van der Waals surface area contributed by atoms with E-state index in [1.54, 1.807) is 12.4 Å². The molecule has 2 aliphatic rings. The van der Waals surface area contributed by atoms with Gasteiger partial charge < -0.3 is 10.6 Å². The highest BCUT2D eigenvalue weighted by Gasteiger charge is 2.40. The van der Waals surface area contributed by atoms with Gasteiger partial charge in [-0.25, -0.2) is 0 Å². The molecule has 2 aliphatic heterocycles. The Kier molecular flexibility index (Phi) is 6.26. The molecule has 5 heteroatoms. The molecule has 154 valence electrons. The van der Waals surface area contributed by atoms with Crippen LogP contribution in [0.15, 0.2) is 48.8 Å². The van der Waals surface area contributed by atoms with Crippen LogP contribution in [-0.2, 0) is 24.3 Å². The summed E-state index contributed by atoms with van der Waals surface area (Å²) in [4.78, 5) is 21.2. The fourth-order valence-corrected chi connectivity index (χ4v) is 4.86. The van der Waals surface area contributed by atoms with Gasteiger partial charge in [-0.3, -0.25) is 14.7 Å². The molecule has 0 aliphatic carbocycles. The Morgan fingerprint density at radius 1 is 0.966 bits per heavy atom. The molecule has 0 saturated carbocycles. The number of pyridine rings is 1. The number of hydrogen-bond donors (Lipinski definition) is 1. The molecule has 2 saturated heterocycles. The van der Waals surface area contributed by atoms with Crippen LogP contribution in [0.4, 0.5) is 0 Å². The molecular formula is C24H32N4O. The second kappa shape index (κ2) is 9.06. The lowest BCUT2D eigenvalue weighted by molar-refractivity contribution is -0.140. The number of benzene rings is 1. The molecule has 1 spiro atoms. The summed E-state index contributed by atoms with van der Waals surface area (Å²) >= 11 is 0. The van der Waals surface area contributed by atoms with Gasteiger partial charge in [-0.05, 0) is 79.6 Å². The topological polar surface area (TPSA) is 62.5 Å². The molecule has 2 N–H and O–H groups in total. The Morgan fingerprint density at radius 3 is 2.48 bits per heavy atom. The Balaban J connectivity index is 1.34. The molecule has 5 nitrogen and oxygen atoms in total. The second-order valence-electron chi connectivity index (χ2n) is 8.74. The number of hydrogen-bond acceptors (Lipinski definition) is 4. The van der Waals surface area contributed by atoms with E-state index in [9.17, 15) is 4.79 Å². The highest BCUT2D eigenvalue weighted by molar-refractivity contribution is 5.77. The van der Waals surface area contributed by atoms with Crippen molar-refractivity contribution in [1.82, 2.24) is 14.8 Å². The van der Waals surface area contributed by atoms with Crippen molar-refractivity contribution in [2.24, 2.45) is 11.1 Å². The summed E-state index contributed by atoms with van der Waals surface area (Å²) in [5.74, 6) is 0.298. The molecule has 1 aromatic carbocycles. The number of carbonyl (C=O) groups is 1. The molecule has 0 atom stereocenters. The van der Waals surface area contributed by atoms with Crippen LogP contribution in [0.5, 0.6) is 0 Å². The zero-order valence-electron chi connectivity index (χ0n) is 17.2. The lowest BCUT2D eigenvalue weighted by Gasteiger charge is -2.47. The number of carbonyl (C=O) groups excluding carboxylic acids is 1. The smallest absolute Gasteiger partial charge is 0.222 e. The van der Waals surface area contributed by atoms with E-state index in [0.717, 1.165) is 39.0 Å². The molecule has 0 radical (unpaired) electrons. The van der Waals surface area contributed by atoms with Crippen LogP contribution in [0.25, 0.3) is 0 Å². The van der Waals surface area contributed by atoms with Crippen molar-refractivity contribution in [2.75, 3.05) is 26.2 Å². The van der Waals surface area contributed by atoms with E-state index in [0.29, 0.717) is 30.8 Å². The summed E-state index contributed by atoms with van der Waals surface area (Å²) in [6.45, 7) is 5.53. The Bertz CT molecular complexity index is 815. The number of rotatable bonds is 6. The van der Waals surface area contributed by atoms with Crippen LogP contribution >= 0.6 is 0 Å².